The summed E-state index contributed by atoms with van der Waals surface area (Å²) in [5.74, 6) is -0.220. The lowest BCUT2D eigenvalue weighted by Crippen LogP contribution is -2.54. The summed E-state index contributed by atoms with van der Waals surface area (Å²) in [7, 11) is 0. The van der Waals surface area contributed by atoms with Gasteiger partial charge in [-0.3, -0.25) is 9.69 Å². The lowest BCUT2D eigenvalue weighted by molar-refractivity contribution is -0.157. The molecule has 1 aliphatic heterocycles. The third-order valence-corrected chi connectivity index (χ3v) is 3.12. The molecule has 106 valence electrons. The Labute approximate surface area is 105 Å². The summed E-state index contributed by atoms with van der Waals surface area (Å²) >= 11 is 0. The van der Waals surface area contributed by atoms with Gasteiger partial charge >= 0.3 is 6.18 Å². The summed E-state index contributed by atoms with van der Waals surface area (Å²) in [4.78, 5) is 14.9. The van der Waals surface area contributed by atoms with Crippen LogP contribution in [-0.4, -0.2) is 67.2 Å². The molecule has 0 saturated carbocycles. The molecule has 1 heterocycles. The van der Waals surface area contributed by atoms with Gasteiger partial charge in [0.15, 0.2) is 0 Å². The molecular weight excluding hydrogens is 247 g/mol. The highest BCUT2D eigenvalue weighted by atomic mass is 19.4. The van der Waals surface area contributed by atoms with Crippen molar-refractivity contribution in [3.63, 3.8) is 0 Å². The van der Waals surface area contributed by atoms with Crippen molar-refractivity contribution in [2.24, 2.45) is 0 Å². The van der Waals surface area contributed by atoms with Crippen LogP contribution < -0.4 is 5.32 Å². The number of hydrogen-bond donors (Lipinski definition) is 1. The largest absolute Gasteiger partial charge is 0.401 e. The molecule has 1 aliphatic rings. The van der Waals surface area contributed by atoms with E-state index in [1.165, 1.54) is 0 Å². The summed E-state index contributed by atoms with van der Waals surface area (Å²) in [6.07, 6.45) is -4.27. The van der Waals surface area contributed by atoms with Gasteiger partial charge in [0, 0.05) is 26.2 Å². The van der Waals surface area contributed by atoms with Gasteiger partial charge in [-0.15, -0.1) is 0 Å². The Bertz CT molecular complexity index is 277. The zero-order valence-electron chi connectivity index (χ0n) is 10.8. The molecule has 0 bridgehead atoms. The topological polar surface area (TPSA) is 35.6 Å². The number of carbonyl (C=O) groups excluding carboxylic acids is 1. The highest BCUT2D eigenvalue weighted by molar-refractivity contribution is 5.81. The fourth-order valence-electron chi connectivity index (χ4n) is 2.06. The lowest BCUT2D eigenvalue weighted by atomic mass is 10.2. The third kappa shape index (κ3) is 4.45. The van der Waals surface area contributed by atoms with Crippen LogP contribution in [0, 0.1) is 0 Å². The van der Waals surface area contributed by atoms with E-state index in [1.54, 1.807) is 18.7 Å². The molecule has 4 nitrogen and oxygen atoms in total. The number of alkyl halides is 3. The highest BCUT2D eigenvalue weighted by Crippen LogP contribution is 2.18. The van der Waals surface area contributed by atoms with Gasteiger partial charge in [0.05, 0.1) is 12.6 Å². The normalized spacial score (nSPS) is 19.1. The maximum atomic E-state index is 12.4. The molecule has 0 spiro atoms. The highest BCUT2D eigenvalue weighted by Gasteiger charge is 2.35. The fourth-order valence-corrected chi connectivity index (χ4v) is 2.06. The summed E-state index contributed by atoms with van der Waals surface area (Å²) in [6.45, 7) is 4.86. The van der Waals surface area contributed by atoms with E-state index in [1.807, 2.05) is 0 Å². The van der Waals surface area contributed by atoms with Crippen molar-refractivity contribution < 1.29 is 18.0 Å². The standard InChI is InChI=1S/C11H20F3N3O/c1-3-16(8-11(12,13)14)9(2)10(18)17-6-4-15-5-7-17/h9,15H,3-8H2,1-2H3. The van der Waals surface area contributed by atoms with E-state index in [-0.39, 0.29) is 12.5 Å². The zero-order valence-corrected chi connectivity index (χ0v) is 10.8. The van der Waals surface area contributed by atoms with E-state index < -0.39 is 18.8 Å². The molecule has 0 radical (unpaired) electrons. The van der Waals surface area contributed by atoms with E-state index in [0.29, 0.717) is 26.2 Å². The first-order chi connectivity index (χ1) is 8.35. The molecule has 0 aliphatic carbocycles. The van der Waals surface area contributed by atoms with E-state index >= 15 is 0 Å². The average molecular weight is 267 g/mol. The monoisotopic (exact) mass is 267 g/mol. The van der Waals surface area contributed by atoms with Crippen molar-refractivity contribution >= 4 is 5.91 Å². The van der Waals surface area contributed by atoms with Crippen LogP contribution in [0.2, 0.25) is 0 Å². The van der Waals surface area contributed by atoms with Gasteiger partial charge < -0.3 is 10.2 Å². The maximum absolute atomic E-state index is 12.4. The van der Waals surface area contributed by atoms with Crippen molar-refractivity contribution in [2.45, 2.75) is 26.1 Å². The first-order valence-electron chi connectivity index (χ1n) is 6.15. The molecule has 7 heteroatoms. The van der Waals surface area contributed by atoms with Crippen LogP contribution in [0.4, 0.5) is 13.2 Å². The molecule has 1 N–H and O–H groups in total. The summed E-state index contributed by atoms with van der Waals surface area (Å²) < 4.78 is 37.1. The van der Waals surface area contributed by atoms with E-state index in [2.05, 4.69) is 5.32 Å². The number of nitrogens with one attached hydrogen (secondary N) is 1. The van der Waals surface area contributed by atoms with Gasteiger partial charge in [-0.2, -0.15) is 13.2 Å². The van der Waals surface area contributed by atoms with Crippen molar-refractivity contribution in [2.75, 3.05) is 39.3 Å². The van der Waals surface area contributed by atoms with E-state index in [4.69, 9.17) is 0 Å². The molecule has 1 amide bonds. The molecule has 0 aromatic heterocycles. The SMILES string of the molecule is CCN(CC(F)(F)F)C(C)C(=O)N1CCNCC1. The van der Waals surface area contributed by atoms with E-state index in [9.17, 15) is 18.0 Å². The minimum Gasteiger partial charge on any atom is -0.339 e. The van der Waals surface area contributed by atoms with E-state index in [0.717, 1.165) is 4.90 Å². The number of carbonyl (C=O) groups is 1. The van der Waals surface area contributed by atoms with Gasteiger partial charge in [-0.1, -0.05) is 6.92 Å². The molecule has 1 rings (SSSR count). The van der Waals surface area contributed by atoms with Crippen LogP contribution in [0.1, 0.15) is 13.8 Å². The van der Waals surface area contributed by atoms with Gasteiger partial charge in [0.2, 0.25) is 5.91 Å². The average Bonchev–Trinajstić information content (AvgIpc) is 2.34. The van der Waals surface area contributed by atoms with Crippen LogP contribution in [0.5, 0.6) is 0 Å². The first-order valence-corrected chi connectivity index (χ1v) is 6.15. The second-order valence-corrected chi connectivity index (χ2v) is 4.43. The molecular formula is C11H20F3N3O. The van der Waals surface area contributed by atoms with Crippen molar-refractivity contribution in [3.8, 4) is 0 Å². The second kappa shape index (κ2) is 6.38. The van der Waals surface area contributed by atoms with Gasteiger partial charge in [-0.05, 0) is 13.5 Å². The molecule has 1 saturated heterocycles. The van der Waals surface area contributed by atoms with Gasteiger partial charge in [-0.25, -0.2) is 0 Å². The molecule has 1 unspecified atom stereocenters. The Kier molecular flexibility index (Phi) is 5.40. The van der Waals surface area contributed by atoms with Crippen LogP contribution in [0.3, 0.4) is 0 Å². The summed E-state index contributed by atoms with van der Waals surface area (Å²) in [5.41, 5.74) is 0. The van der Waals surface area contributed by atoms with Crippen LogP contribution in [0.25, 0.3) is 0 Å². The minimum atomic E-state index is -4.27. The Balaban J connectivity index is 2.59. The maximum Gasteiger partial charge on any atom is 0.401 e. The number of amides is 1. The first kappa shape index (κ1) is 15.2. The lowest BCUT2D eigenvalue weighted by Gasteiger charge is -2.34. The molecule has 1 fully saturated rings. The molecule has 1 atom stereocenters. The predicted molar refractivity (Wildman–Crippen MR) is 62.2 cm³/mol. The number of hydrogen-bond acceptors (Lipinski definition) is 3. The summed E-state index contributed by atoms with van der Waals surface area (Å²) in [6, 6.07) is -0.727. The molecule has 0 aromatic rings. The smallest absolute Gasteiger partial charge is 0.339 e. The third-order valence-electron chi connectivity index (χ3n) is 3.12. The number of nitrogens with zero attached hydrogens (tertiary/aromatic N) is 2. The zero-order chi connectivity index (χ0) is 13.8. The molecule has 0 aromatic carbocycles. The van der Waals surface area contributed by atoms with Crippen molar-refractivity contribution in [3.05, 3.63) is 0 Å². The Morgan fingerprint density at radius 2 is 1.94 bits per heavy atom. The van der Waals surface area contributed by atoms with Crippen LogP contribution in [0.15, 0.2) is 0 Å². The number of halogens is 3. The van der Waals surface area contributed by atoms with Crippen molar-refractivity contribution in [1.29, 1.82) is 0 Å². The Morgan fingerprint density at radius 3 is 2.39 bits per heavy atom. The molecule has 18 heavy (non-hydrogen) atoms. The van der Waals surface area contributed by atoms with Crippen molar-refractivity contribution in [1.82, 2.24) is 15.1 Å². The minimum absolute atomic E-state index is 0.207. The Morgan fingerprint density at radius 1 is 1.39 bits per heavy atom. The summed E-state index contributed by atoms with van der Waals surface area (Å²) in [5, 5.41) is 3.10. The quantitative estimate of drug-likeness (QED) is 0.814. The van der Waals surface area contributed by atoms with Crippen LogP contribution in [-0.2, 0) is 4.79 Å². The Hall–Kier alpha value is -0.820. The van der Waals surface area contributed by atoms with Crippen LogP contribution >= 0.6 is 0 Å². The van der Waals surface area contributed by atoms with Gasteiger partial charge in [0.1, 0.15) is 0 Å². The second-order valence-electron chi connectivity index (χ2n) is 4.43. The fraction of sp³-hybridized carbons (Fsp3) is 0.909. The number of likely N-dealkylation sites (N-methyl/N-ethyl adjacent to an activating group) is 1. The number of piperazine rings is 1. The number of rotatable bonds is 4. The van der Waals surface area contributed by atoms with Gasteiger partial charge in [0.25, 0.3) is 0 Å². The predicted octanol–water partition coefficient (Wildman–Crippen LogP) is 0.691.